The molecule has 0 aliphatic carbocycles. The summed E-state index contributed by atoms with van der Waals surface area (Å²) in [6.45, 7) is 2.61. The second-order valence-electron chi connectivity index (χ2n) is 3.39. The number of nitrogens with two attached hydrogens (primary N) is 1. The number of rotatable bonds is 4. The lowest BCUT2D eigenvalue weighted by atomic mass is 10.0. The van der Waals surface area contributed by atoms with Crippen molar-refractivity contribution in [1.82, 2.24) is 9.78 Å². The van der Waals surface area contributed by atoms with Crippen LogP contribution >= 0.6 is 0 Å². The summed E-state index contributed by atoms with van der Waals surface area (Å²) < 4.78 is 1.84. The molecule has 0 radical (unpaired) electrons. The third kappa shape index (κ3) is 2.54. The van der Waals surface area contributed by atoms with Gasteiger partial charge in [-0.3, -0.25) is 4.68 Å². The first-order valence-electron chi connectivity index (χ1n) is 4.47. The Kier molecular flexibility index (Phi) is 3.45. The van der Waals surface area contributed by atoms with Crippen molar-refractivity contribution >= 4 is 0 Å². The van der Waals surface area contributed by atoms with Crippen molar-refractivity contribution in [3.05, 3.63) is 17.5 Å². The summed E-state index contributed by atoms with van der Waals surface area (Å²) in [6, 6.07) is 2.03. The van der Waals surface area contributed by atoms with Crippen LogP contribution in [0.4, 0.5) is 0 Å². The molecule has 4 nitrogen and oxygen atoms in total. The van der Waals surface area contributed by atoms with E-state index in [0.29, 0.717) is 6.54 Å². The van der Waals surface area contributed by atoms with E-state index in [2.05, 4.69) is 5.10 Å². The summed E-state index contributed by atoms with van der Waals surface area (Å²) in [6.07, 6.45) is 0.796. The molecule has 1 aromatic heterocycles. The highest BCUT2D eigenvalue weighted by atomic mass is 16.3. The smallest absolute Gasteiger partial charge is 0.0596 e. The molecule has 0 aliphatic heterocycles. The fourth-order valence-electron chi connectivity index (χ4n) is 1.37. The molecule has 0 spiro atoms. The van der Waals surface area contributed by atoms with Gasteiger partial charge in [0.2, 0.25) is 0 Å². The SMILES string of the molecule is Cc1cc(CC(CN)CO)n(C)n1. The van der Waals surface area contributed by atoms with E-state index in [-0.39, 0.29) is 12.5 Å². The van der Waals surface area contributed by atoms with Crippen LogP contribution in [0.25, 0.3) is 0 Å². The van der Waals surface area contributed by atoms with Crippen LogP contribution in [0.15, 0.2) is 6.07 Å². The lowest BCUT2D eigenvalue weighted by molar-refractivity contribution is 0.228. The highest BCUT2D eigenvalue weighted by Crippen LogP contribution is 2.08. The molecule has 0 saturated carbocycles. The number of aliphatic hydroxyl groups is 1. The van der Waals surface area contributed by atoms with E-state index >= 15 is 0 Å². The molecular formula is C9H17N3O. The molecule has 0 aliphatic rings. The number of hydrogen-bond donors (Lipinski definition) is 2. The first-order chi connectivity index (χ1) is 6.17. The van der Waals surface area contributed by atoms with E-state index in [4.69, 9.17) is 10.8 Å². The standard InChI is InChI=1S/C9H17N3O/c1-7-3-9(12(2)11-7)4-8(5-10)6-13/h3,8,13H,4-6,10H2,1-2H3. The molecule has 0 amide bonds. The molecule has 1 aromatic rings. The highest BCUT2D eigenvalue weighted by molar-refractivity contribution is 5.09. The molecule has 4 heteroatoms. The maximum absolute atomic E-state index is 8.98. The molecule has 0 aromatic carbocycles. The Bertz CT molecular complexity index is 266. The molecule has 0 fully saturated rings. The fourth-order valence-corrected chi connectivity index (χ4v) is 1.37. The van der Waals surface area contributed by atoms with Crippen LogP contribution in [-0.4, -0.2) is 28.0 Å². The van der Waals surface area contributed by atoms with Gasteiger partial charge in [0.05, 0.1) is 5.69 Å². The summed E-state index contributed by atoms with van der Waals surface area (Å²) in [5.74, 6) is 0.148. The van der Waals surface area contributed by atoms with Gasteiger partial charge in [-0.25, -0.2) is 0 Å². The molecular weight excluding hydrogens is 166 g/mol. The minimum Gasteiger partial charge on any atom is -0.396 e. The molecule has 1 rings (SSSR count). The minimum absolute atomic E-state index is 0.140. The second-order valence-corrected chi connectivity index (χ2v) is 3.39. The second kappa shape index (κ2) is 4.39. The van der Waals surface area contributed by atoms with Crippen LogP contribution in [0, 0.1) is 12.8 Å². The van der Waals surface area contributed by atoms with Crippen LogP contribution in [-0.2, 0) is 13.5 Å². The van der Waals surface area contributed by atoms with Crippen LogP contribution in [0.1, 0.15) is 11.4 Å². The number of aliphatic hydroxyl groups excluding tert-OH is 1. The monoisotopic (exact) mass is 183 g/mol. The lowest BCUT2D eigenvalue weighted by Gasteiger charge is -2.10. The van der Waals surface area contributed by atoms with E-state index in [1.807, 2.05) is 24.7 Å². The Labute approximate surface area is 78.4 Å². The Morgan fingerprint density at radius 2 is 2.38 bits per heavy atom. The van der Waals surface area contributed by atoms with Crippen LogP contribution in [0.2, 0.25) is 0 Å². The van der Waals surface area contributed by atoms with Gasteiger partial charge in [-0.2, -0.15) is 5.10 Å². The Morgan fingerprint density at radius 3 is 2.77 bits per heavy atom. The van der Waals surface area contributed by atoms with Gasteiger partial charge in [-0.1, -0.05) is 0 Å². The first kappa shape index (κ1) is 10.2. The van der Waals surface area contributed by atoms with Crippen molar-refractivity contribution < 1.29 is 5.11 Å². The summed E-state index contributed by atoms with van der Waals surface area (Å²) in [7, 11) is 1.91. The summed E-state index contributed by atoms with van der Waals surface area (Å²) in [5.41, 5.74) is 7.63. The van der Waals surface area contributed by atoms with Gasteiger partial charge in [0.1, 0.15) is 0 Å². The zero-order valence-electron chi connectivity index (χ0n) is 8.20. The Hall–Kier alpha value is -0.870. The zero-order chi connectivity index (χ0) is 9.84. The molecule has 13 heavy (non-hydrogen) atoms. The van der Waals surface area contributed by atoms with Crippen molar-refractivity contribution in [2.75, 3.05) is 13.2 Å². The Morgan fingerprint density at radius 1 is 1.69 bits per heavy atom. The van der Waals surface area contributed by atoms with Gasteiger partial charge in [-0.15, -0.1) is 0 Å². The van der Waals surface area contributed by atoms with Gasteiger partial charge in [0, 0.05) is 19.3 Å². The van der Waals surface area contributed by atoms with E-state index < -0.39 is 0 Å². The number of aromatic nitrogens is 2. The minimum atomic E-state index is 0.140. The molecule has 3 N–H and O–H groups in total. The molecule has 1 unspecified atom stereocenters. The topological polar surface area (TPSA) is 64.1 Å². The normalized spacial score (nSPS) is 13.2. The van der Waals surface area contributed by atoms with E-state index in [0.717, 1.165) is 17.8 Å². The maximum atomic E-state index is 8.98. The Balaban J connectivity index is 2.67. The lowest BCUT2D eigenvalue weighted by Crippen LogP contribution is -2.21. The highest BCUT2D eigenvalue weighted by Gasteiger charge is 2.09. The molecule has 0 saturated heterocycles. The van der Waals surface area contributed by atoms with Crippen molar-refractivity contribution in [2.24, 2.45) is 18.7 Å². The summed E-state index contributed by atoms with van der Waals surface area (Å²) >= 11 is 0. The quantitative estimate of drug-likeness (QED) is 0.681. The van der Waals surface area contributed by atoms with Gasteiger partial charge < -0.3 is 10.8 Å². The average Bonchev–Trinajstić information content (AvgIpc) is 2.41. The van der Waals surface area contributed by atoms with Gasteiger partial charge in [0.25, 0.3) is 0 Å². The van der Waals surface area contributed by atoms with Crippen LogP contribution in [0.5, 0.6) is 0 Å². The van der Waals surface area contributed by atoms with E-state index in [1.54, 1.807) is 0 Å². The van der Waals surface area contributed by atoms with Gasteiger partial charge in [0.15, 0.2) is 0 Å². The van der Waals surface area contributed by atoms with Crippen LogP contribution < -0.4 is 5.73 Å². The number of aryl methyl sites for hydroxylation is 2. The summed E-state index contributed by atoms with van der Waals surface area (Å²) in [5, 5.41) is 13.2. The third-order valence-corrected chi connectivity index (χ3v) is 2.19. The largest absolute Gasteiger partial charge is 0.396 e. The maximum Gasteiger partial charge on any atom is 0.0596 e. The predicted molar refractivity (Wildman–Crippen MR) is 51.3 cm³/mol. The van der Waals surface area contributed by atoms with Gasteiger partial charge in [-0.05, 0) is 31.9 Å². The zero-order valence-corrected chi connectivity index (χ0v) is 8.20. The van der Waals surface area contributed by atoms with Crippen molar-refractivity contribution in [3.8, 4) is 0 Å². The van der Waals surface area contributed by atoms with Crippen LogP contribution in [0.3, 0.4) is 0 Å². The number of nitrogens with zero attached hydrogens (tertiary/aromatic N) is 2. The van der Waals surface area contributed by atoms with Crippen molar-refractivity contribution in [3.63, 3.8) is 0 Å². The average molecular weight is 183 g/mol. The molecule has 74 valence electrons. The van der Waals surface area contributed by atoms with E-state index in [9.17, 15) is 0 Å². The predicted octanol–water partition coefficient (Wildman–Crippen LogP) is -0.162. The van der Waals surface area contributed by atoms with E-state index in [1.165, 1.54) is 0 Å². The fraction of sp³-hybridized carbons (Fsp3) is 0.667. The molecule has 1 heterocycles. The first-order valence-corrected chi connectivity index (χ1v) is 4.47. The van der Waals surface area contributed by atoms with Gasteiger partial charge >= 0.3 is 0 Å². The number of hydrogen-bond acceptors (Lipinski definition) is 3. The molecule has 1 atom stereocenters. The summed E-state index contributed by atoms with van der Waals surface area (Å²) in [4.78, 5) is 0. The third-order valence-electron chi connectivity index (χ3n) is 2.19. The van der Waals surface area contributed by atoms with Crippen molar-refractivity contribution in [2.45, 2.75) is 13.3 Å². The molecule has 0 bridgehead atoms. The van der Waals surface area contributed by atoms with Crippen molar-refractivity contribution in [1.29, 1.82) is 0 Å².